The molecule has 0 aromatic carbocycles. The molecule has 3 N–H and O–H groups in total. The molecule has 3 aromatic heterocycles. The molecule has 0 aliphatic heterocycles. The summed E-state index contributed by atoms with van der Waals surface area (Å²) in [6.07, 6.45) is 2.67. The predicted octanol–water partition coefficient (Wildman–Crippen LogP) is 2.81. The maximum atomic E-state index is 5.68. The monoisotopic (exact) mass is 290 g/mol. The van der Waals surface area contributed by atoms with Gasteiger partial charge in [0.2, 0.25) is 0 Å². The van der Waals surface area contributed by atoms with Gasteiger partial charge in [0, 0.05) is 23.7 Å². The van der Waals surface area contributed by atoms with Crippen molar-refractivity contribution in [3.63, 3.8) is 0 Å². The number of nitrogens with two attached hydrogens (primary N) is 1. The normalized spacial score (nSPS) is 12.9. The summed E-state index contributed by atoms with van der Waals surface area (Å²) >= 11 is 3.36. The van der Waals surface area contributed by atoms with Crippen LogP contribution in [0.5, 0.6) is 0 Å². The number of fused-ring (bicyclic) bond motifs is 1. The summed E-state index contributed by atoms with van der Waals surface area (Å²) in [6, 6.07) is 4.22. The molecule has 3 rings (SSSR count). The fourth-order valence-corrected chi connectivity index (χ4v) is 3.60. The molecule has 0 fully saturated rings. The molecule has 0 spiro atoms. The Kier molecular flexibility index (Phi) is 3.56. The molecule has 1 unspecified atom stereocenters. The zero-order valence-corrected chi connectivity index (χ0v) is 12.1. The van der Waals surface area contributed by atoms with Crippen molar-refractivity contribution in [2.24, 2.45) is 5.84 Å². The minimum Gasteiger partial charge on any atom is -0.271 e. The first-order chi connectivity index (χ1) is 9.26. The third-order valence-corrected chi connectivity index (χ3v) is 4.81. The molecule has 3 aromatic rings. The van der Waals surface area contributed by atoms with E-state index < -0.39 is 0 Å². The van der Waals surface area contributed by atoms with Crippen LogP contribution in [0.15, 0.2) is 29.1 Å². The van der Waals surface area contributed by atoms with Crippen molar-refractivity contribution in [2.75, 3.05) is 0 Å². The van der Waals surface area contributed by atoms with Crippen LogP contribution in [0.2, 0.25) is 0 Å². The Morgan fingerprint density at radius 3 is 3.05 bits per heavy atom. The largest absolute Gasteiger partial charge is 0.271 e. The van der Waals surface area contributed by atoms with Crippen LogP contribution in [-0.2, 0) is 6.42 Å². The summed E-state index contributed by atoms with van der Waals surface area (Å²) in [5.74, 6) is 5.68. The van der Waals surface area contributed by atoms with Gasteiger partial charge in [0.25, 0.3) is 0 Å². The average molecular weight is 290 g/mol. The van der Waals surface area contributed by atoms with E-state index in [1.54, 1.807) is 22.7 Å². The van der Waals surface area contributed by atoms with Gasteiger partial charge in [-0.15, -0.1) is 22.7 Å². The van der Waals surface area contributed by atoms with Crippen LogP contribution in [0.3, 0.4) is 0 Å². The standard InChI is InChI=1S/C13H14N4S2/c1-8-7-19-13(16-8)5-11(17-14)9-4-12-10(15-6-9)2-3-18-12/h2-4,6-7,11,17H,5,14H2,1H3. The van der Waals surface area contributed by atoms with Crippen molar-refractivity contribution >= 4 is 32.9 Å². The summed E-state index contributed by atoms with van der Waals surface area (Å²) in [6.45, 7) is 2.00. The van der Waals surface area contributed by atoms with Crippen LogP contribution in [0.4, 0.5) is 0 Å². The number of nitrogens with one attached hydrogen (secondary N) is 1. The summed E-state index contributed by atoms with van der Waals surface area (Å²) in [5.41, 5.74) is 6.06. The molecule has 19 heavy (non-hydrogen) atoms. The van der Waals surface area contributed by atoms with Gasteiger partial charge < -0.3 is 0 Å². The molecular weight excluding hydrogens is 276 g/mol. The van der Waals surface area contributed by atoms with Crippen molar-refractivity contribution in [1.82, 2.24) is 15.4 Å². The molecule has 0 radical (unpaired) electrons. The second-order valence-corrected chi connectivity index (χ2v) is 6.27. The highest BCUT2D eigenvalue weighted by molar-refractivity contribution is 7.17. The molecule has 6 heteroatoms. The van der Waals surface area contributed by atoms with Crippen molar-refractivity contribution in [2.45, 2.75) is 19.4 Å². The molecule has 3 heterocycles. The first-order valence-corrected chi connectivity index (χ1v) is 7.72. The van der Waals surface area contributed by atoms with E-state index in [9.17, 15) is 0 Å². The van der Waals surface area contributed by atoms with Crippen molar-refractivity contribution < 1.29 is 0 Å². The topological polar surface area (TPSA) is 63.8 Å². The Morgan fingerprint density at radius 1 is 1.42 bits per heavy atom. The van der Waals surface area contributed by atoms with Crippen molar-refractivity contribution in [1.29, 1.82) is 0 Å². The Labute approximate surface area is 119 Å². The van der Waals surface area contributed by atoms with Gasteiger partial charge >= 0.3 is 0 Å². The van der Waals surface area contributed by atoms with Crippen LogP contribution in [0.25, 0.3) is 10.2 Å². The highest BCUT2D eigenvalue weighted by Crippen LogP contribution is 2.25. The Bertz CT molecular complexity index is 689. The van der Waals surface area contributed by atoms with Crippen LogP contribution in [0.1, 0.15) is 22.3 Å². The molecular formula is C13H14N4S2. The van der Waals surface area contributed by atoms with Gasteiger partial charge in [-0.05, 0) is 30.0 Å². The van der Waals surface area contributed by atoms with E-state index in [1.807, 2.05) is 19.2 Å². The van der Waals surface area contributed by atoms with Crippen molar-refractivity contribution in [3.05, 3.63) is 45.4 Å². The van der Waals surface area contributed by atoms with Crippen molar-refractivity contribution in [3.8, 4) is 0 Å². The summed E-state index contributed by atoms with van der Waals surface area (Å²) in [4.78, 5) is 8.94. The lowest BCUT2D eigenvalue weighted by atomic mass is 10.1. The number of thiophene rings is 1. The number of rotatable bonds is 4. The van der Waals surface area contributed by atoms with E-state index >= 15 is 0 Å². The Morgan fingerprint density at radius 2 is 2.32 bits per heavy atom. The van der Waals surface area contributed by atoms with Gasteiger partial charge in [0.1, 0.15) is 0 Å². The SMILES string of the molecule is Cc1csc(CC(NN)c2cnc3ccsc3c2)n1. The van der Waals surface area contributed by atoms with Gasteiger partial charge in [-0.2, -0.15) is 0 Å². The molecule has 4 nitrogen and oxygen atoms in total. The number of pyridine rings is 1. The van der Waals surface area contributed by atoms with Gasteiger partial charge in [-0.3, -0.25) is 16.3 Å². The number of hydrogen-bond acceptors (Lipinski definition) is 6. The van der Waals surface area contributed by atoms with Crippen LogP contribution < -0.4 is 11.3 Å². The van der Waals surface area contributed by atoms with E-state index in [1.165, 1.54) is 4.70 Å². The fourth-order valence-electron chi connectivity index (χ4n) is 2.00. The predicted molar refractivity (Wildman–Crippen MR) is 80.2 cm³/mol. The molecule has 0 aliphatic rings. The first-order valence-electron chi connectivity index (χ1n) is 5.96. The van der Waals surface area contributed by atoms with E-state index in [0.29, 0.717) is 0 Å². The average Bonchev–Trinajstić information content (AvgIpc) is 3.03. The quantitative estimate of drug-likeness (QED) is 0.573. The Hall–Kier alpha value is -1.34. The minimum absolute atomic E-state index is 0.0459. The van der Waals surface area contributed by atoms with Gasteiger partial charge in [0.05, 0.1) is 21.3 Å². The van der Waals surface area contributed by atoms with E-state index in [0.717, 1.165) is 28.2 Å². The maximum Gasteiger partial charge on any atom is 0.0947 e. The maximum absolute atomic E-state index is 5.68. The number of aromatic nitrogens is 2. The number of aryl methyl sites for hydroxylation is 1. The van der Waals surface area contributed by atoms with E-state index in [-0.39, 0.29) is 6.04 Å². The van der Waals surface area contributed by atoms with Crippen LogP contribution >= 0.6 is 22.7 Å². The smallest absolute Gasteiger partial charge is 0.0947 e. The summed E-state index contributed by atoms with van der Waals surface area (Å²) in [7, 11) is 0. The molecule has 0 aliphatic carbocycles. The van der Waals surface area contributed by atoms with E-state index in [4.69, 9.17) is 5.84 Å². The fraction of sp³-hybridized carbons (Fsp3) is 0.231. The number of nitrogens with zero attached hydrogens (tertiary/aromatic N) is 2. The van der Waals surface area contributed by atoms with E-state index in [2.05, 4.69) is 32.2 Å². The second-order valence-electron chi connectivity index (χ2n) is 4.38. The molecule has 0 saturated heterocycles. The van der Waals surface area contributed by atoms with Crippen LogP contribution in [0, 0.1) is 6.92 Å². The summed E-state index contributed by atoms with van der Waals surface area (Å²) in [5, 5.41) is 5.20. The molecule has 0 saturated carbocycles. The lowest BCUT2D eigenvalue weighted by Crippen LogP contribution is -2.29. The third kappa shape index (κ3) is 2.66. The molecule has 0 bridgehead atoms. The van der Waals surface area contributed by atoms with Crippen LogP contribution in [-0.4, -0.2) is 9.97 Å². The Balaban J connectivity index is 1.88. The summed E-state index contributed by atoms with van der Waals surface area (Å²) < 4.78 is 1.19. The van der Waals surface area contributed by atoms with Gasteiger partial charge in [-0.1, -0.05) is 0 Å². The van der Waals surface area contributed by atoms with Gasteiger partial charge in [0.15, 0.2) is 0 Å². The molecule has 1 atom stereocenters. The number of thiazole rings is 1. The van der Waals surface area contributed by atoms with Gasteiger partial charge in [-0.25, -0.2) is 4.98 Å². The molecule has 0 amide bonds. The highest BCUT2D eigenvalue weighted by atomic mass is 32.1. The minimum atomic E-state index is 0.0459. The number of hydrogen-bond donors (Lipinski definition) is 2. The second kappa shape index (κ2) is 5.34. The lowest BCUT2D eigenvalue weighted by molar-refractivity contribution is 0.549. The zero-order chi connectivity index (χ0) is 13.2. The third-order valence-electron chi connectivity index (χ3n) is 2.97. The molecule has 98 valence electrons. The zero-order valence-electron chi connectivity index (χ0n) is 10.5. The lowest BCUT2D eigenvalue weighted by Gasteiger charge is -2.14. The first kappa shape index (κ1) is 12.7. The highest BCUT2D eigenvalue weighted by Gasteiger charge is 2.14. The number of hydrazine groups is 1.